The first kappa shape index (κ1) is 13.2. The van der Waals surface area contributed by atoms with Crippen LogP contribution in [-0.2, 0) is 6.54 Å². The quantitative estimate of drug-likeness (QED) is 0.826. The monoisotopic (exact) mass is 220 g/mol. The van der Waals surface area contributed by atoms with Gasteiger partial charge in [0.15, 0.2) is 0 Å². The number of rotatable bonds is 5. The molecule has 1 rings (SSSR count). The van der Waals surface area contributed by atoms with E-state index < -0.39 is 0 Å². The summed E-state index contributed by atoms with van der Waals surface area (Å²) in [6, 6.07) is 11.7. The first-order valence-electron chi connectivity index (χ1n) is 6.07. The molecule has 0 amide bonds. The largest absolute Gasteiger partial charge is 0.327 e. The summed E-state index contributed by atoms with van der Waals surface area (Å²) in [5.74, 6) is 0. The minimum absolute atomic E-state index is 0.200. The van der Waals surface area contributed by atoms with E-state index in [0.717, 1.165) is 6.54 Å². The minimum atomic E-state index is 0.200. The fraction of sp³-hybridized carbons (Fsp3) is 0.571. The van der Waals surface area contributed by atoms with Crippen LogP contribution < -0.4 is 5.73 Å². The highest BCUT2D eigenvalue weighted by molar-refractivity contribution is 5.14. The van der Waals surface area contributed by atoms with Gasteiger partial charge < -0.3 is 5.73 Å². The lowest BCUT2D eigenvalue weighted by molar-refractivity contribution is 0.139. The number of hydrogen-bond donors (Lipinski definition) is 1. The zero-order valence-electron chi connectivity index (χ0n) is 10.9. The zero-order valence-corrected chi connectivity index (χ0v) is 10.9. The van der Waals surface area contributed by atoms with Crippen LogP contribution in [0.25, 0.3) is 0 Å². The van der Waals surface area contributed by atoms with Crippen molar-refractivity contribution in [2.75, 3.05) is 0 Å². The van der Waals surface area contributed by atoms with Crippen molar-refractivity contribution in [3.8, 4) is 0 Å². The number of benzene rings is 1. The third kappa shape index (κ3) is 3.62. The Balaban J connectivity index is 2.73. The SMILES string of the molecule is CC(N)C(C)N(Cc1ccccc1)C(C)C. The summed E-state index contributed by atoms with van der Waals surface area (Å²) in [6.45, 7) is 9.70. The van der Waals surface area contributed by atoms with Crippen molar-refractivity contribution in [3.63, 3.8) is 0 Å². The first-order valence-corrected chi connectivity index (χ1v) is 6.07. The van der Waals surface area contributed by atoms with E-state index in [1.807, 2.05) is 0 Å². The summed E-state index contributed by atoms with van der Waals surface area (Å²) >= 11 is 0. The Kier molecular flexibility index (Phi) is 4.97. The summed E-state index contributed by atoms with van der Waals surface area (Å²) in [6.07, 6.45) is 0. The van der Waals surface area contributed by atoms with Crippen molar-refractivity contribution < 1.29 is 0 Å². The molecule has 1 aromatic carbocycles. The highest BCUT2D eigenvalue weighted by Crippen LogP contribution is 2.13. The predicted octanol–water partition coefficient (Wildman–Crippen LogP) is 2.63. The standard InChI is InChI=1S/C14H24N2/c1-11(2)16(13(4)12(3)15)10-14-8-6-5-7-9-14/h5-9,11-13H,10,15H2,1-4H3. The lowest BCUT2D eigenvalue weighted by Crippen LogP contribution is -2.47. The minimum Gasteiger partial charge on any atom is -0.327 e. The molecule has 2 N–H and O–H groups in total. The summed E-state index contributed by atoms with van der Waals surface area (Å²) < 4.78 is 0. The molecule has 0 saturated heterocycles. The van der Waals surface area contributed by atoms with Crippen LogP contribution in [-0.4, -0.2) is 23.0 Å². The fourth-order valence-corrected chi connectivity index (χ4v) is 1.89. The second-order valence-electron chi connectivity index (χ2n) is 4.85. The molecule has 0 bridgehead atoms. The smallest absolute Gasteiger partial charge is 0.0239 e. The molecule has 2 unspecified atom stereocenters. The molecule has 90 valence electrons. The molecule has 0 aliphatic heterocycles. The highest BCUT2D eigenvalue weighted by atomic mass is 15.2. The summed E-state index contributed by atoms with van der Waals surface area (Å²) in [4.78, 5) is 2.44. The van der Waals surface area contributed by atoms with Gasteiger partial charge in [-0.1, -0.05) is 30.3 Å². The normalized spacial score (nSPS) is 15.4. The molecule has 0 heterocycles. The van der Waals surface area contributed by atoms with Crippen LogP contribution in [0.4, 0.5) is 0 Å². The van der Waals surface area contributed by atoms with Crippen LogP contribution in [0.15, 0.2) is 30.3 Å². The molecule has 0 saturated carbocycles. The second-order valence-corrected chi connectivity index (χ2v) is 4.85. The van der Waals surface area contributed by atoms with Crippen molar-refractivity contribution in [1.29, 1.82) is 0 Å². The van der Waals surface area contributed by atoms with Gasteiger partial charge in [0, 0.05) is 24.7 Å². The Morgan fingerprint density at radius 1 is 1.06 bits per heavy atom. The van der Waals surface area contributed by atoms with Crippen LogP contribution >= 0.6 is 0 Å². The Hall–Kier alpha value is -0.860. The predicted molar refractivity (Wildman–Crippen MR) is 70.2 cm³/mol. The summed E-state index contributed by atoms with van der Waals surface area (Å²) in [7, 11) is 0. The maximum Gasteiger partial charge on any atom is 0.0239 e. The first-order chi connectivity index (χ1) is 7.52. The van der Waals surface area contributed by atoms with E-state index in [1.54, 1.807) is 0 Å². The molecule has 2 heteroatoms. The van der Waals surface area contributed by atoms with Gasteiger partial charge in [0.1, 0.15) is 0 Å². The maximum absolute atomic E-state index is 5.99. The summed E-state index contributed by atoms with van der Waals surface area (Å²) in [5, 5.41) is 0. The zero-order chi connectivity index (χ0) is 12.1. The van der Waals surface area contributed by atoms with Gasteiger partial charge in [-0.15, -0.1) is 0 Å². The van der Waals surface area contributed by atoms with Crippen molar-refractivity contribution in [2.24, 2.45) is 5.73 Å². The Morgan fingerprint density at radius 3 is 2.06 bits per heavy atom. The number of nitrogens with two attached hydrogens (primary N) is 1. The third-order valence-electron chi connectivity index (χ3n) is 3.16. The van der Waals surface area contributed by atoms with Crippen LogP contribution in [0, 0.1) is 0 Å². The van der Waals surface area contributed by atoms with Crippen molar-refractivity contribution in [1.82, 2.24) is 4.90 Å². The molecular formula is C14H24N2. The van der Waals surface area contributed by atoms with E-state index in [-0.39, 0.29) is 6.04 Å². The van der Waals surface area contributed by atoms with Gasteiger partial charge in [0.05, 0.1) is 0 Å². The van der Waals surface area contributed by atoms with Gasteiger partial charge in [0.2, 0.25) is 0 Å². The average Bonchev–Trinajstić information content (AvgIpc) is 2.26. The number of nitrogens with zero attached hydrogens (tertiary/aromatic N) is 1. The van der Waals surface area contributed by atoms with Gasteiger partial charge in [0.25, 0.3) is 0 Å². The fourth-order valence-electron chi connectivity index (χ4n) is 1.89. The maximum atomic E-state index is 5.99. The van der Waals surface area contributed by atoms with Crippen LogP contribution in [0.1, 0.15) is 33.3 Å². The van der Waals surface area contributed by atoms with E-state index in [2.05, 4.69) is 62.9 Å². The van der Waals surface area contributed by atoms with E-state index >= 15 is 0 Å². The van der Waals surface area contributed by atoms with Gasteiger partial charge in [-0.25, -0.2) is 0 Å². The molecule has 2 nitrogen and oxygen atoms in total. The molecule has 0 spiro atoms. The molecular weight excluding hydrogens is 196 g/mol. The lowest BCUT2D eigenvalue weighted by Gasteiger charge is -2.35. The van der Waals surface area contributed by atoms with Gasteiger partial charge >= 0.3 is 0 Å². The second kappa shape index (κ2) is 6.02. The molecule has 0 aliphatic rings. The van der Waals surface area contributed by atoms with Crippen LogP contribution in [0.2, 0.25) is 0 Å². The van der Waals surface area contributed by atoms with Crippen LogP contribution in [0.5, 0.6) is 0 Å². The number of hydrogen-bond acceptors (Lipinski definition) is 2. The summed E-state index contributed by atoms with van der Waals surface area (Å²) in [5.41, 5.74) is 7.34. The topological polar surface area (TPSA) is 29.3 Å². The molecule has 0 fully saturated rings. The van der Waals surface area contributed by atoms with Gasteiger partial charge in [-0.3, -0.25) is 4.90 Å². The molecule has 16 heavy (non-hydrogen) atoms. The highest BCUT2D eigenvalue weighted by Gasteiger charge is 2.20. The molecule has 0 aromatic heterocycles. The van der Waals surface area contributed by atoms with Crippen molar-refractivity contribution >= 4 is 0 Å². The molecule has 0 aliphatic carbocycles. The van der Waals surface area contributed by atoms with E-state index in [1.165, 1.54) is 5.56 Å². The Labute approximate surface area is 99.5 Å². The molecule has 1 aromatic rings. The van der Waals surface area contributed by atoms with E-state index in [9.17, 15) is 0 Å². The van der Waals surface area contributed by atoms with Gasteiger partial charge in [-0.05, 0) is 33.3 Å². The third-order valence-corrected chi connectivity index (χ3v) is 3.16. The van der Waals surface area contributed by atoms with Gasteiger partial charge in [-0.2, -0.15) is 0 Å². The van der Waals surface area contributed by atoms with Crippen molar-refractivity contribution in [3.05, 3.63) is 35.9 Å². The Morgan fingerprint density at radius 2 is 1.62 bits per heavy atom. The lowest BCUT2D eigenvalue weighted by atomic mass is 10.1. The molecule has 0 radical (unpaired) electrons. The van der Waals surface area contributed by atoms with E-state index in [4.69, 9.17) is 5.73 Å². The van der Waals surface area contributed by atoms with E-state index in [0.29, 0.717) is 12.1 Å². The van der Waals surface area contributed by atoms with Crippen LogP contribution in [0.3, 0.4) is 0 Å². The van der Waals surface area contributed by atoms with Crippen molar-refractivity contribution in [2.45, 2.75) is 52.4 Å². The average molecular weight is 220 g/mol. The molecule has 2 atom stereocenters. The Bertz CT molecular complexity index is 293.